The monoisotopic (exact) mass is 535 g/mol. The van der Waals surface area contributed by atoms with Gasteiger partial charge in [0.2, 0.25) is 5.91 Å². The Kier molecular flexibility index (Phi) is 6.49. The molecular weight excluding hydrogens is 510 g/mol. The Morgan fingerprint density at radius 1 is 1.18 bits per heavy atom. The summed E-state index contributed by atoms with van der Waals surface area (Å²) in [7, 11) is 0. The molecule has 0 radical (unpaired) electrons. The second-order valence-electron chi connectivity index (χ2n) is 8.99. The highest BCUT2D eigenvalue weighted by molar-refractivity contribution is 9.10. The van der Waals surface area contributed by atoms with Gasteiger partial charge in [0.05, 0.1) is 17.0 Å². The number of fused-ring (bicyclic) bond motifs is 4. The Hall–Kier alpha value is -2.64. The number of allylic oxidation sites excluding steroid dienone is 1. The first kappa shape index (κ1) is 23.1. The maximum atomic E-state index is 13.9. The first-order chi connectivity index (χ1) is 16.5. The Balaban J connectivity index is 1.52. The molecule has 2 aliphatic rings. The molecule has 0 atom stereocenters. The molecule has 1 fully saturated rings. The third-order valence-electron chi connectivity index (χ3n) is 6.80. The van der Waals surface area contributed by atoms with Crippen LogP contribution in [0.3, 0.4) is 0 Å². The molecule has 5 rings (SSSR count). The fourth-order valence-corrected chi connectivity index (χ4v) is 6.37. The van der Waals surface area contributed by atoms with Gasteiger partial charge in [0.25, 0.3) is 5.56 Å². The summed E-state index contributed by atoms with van der Waals surface area (Å²) in [5.41, 5.74) is 4.55. The number of amides is 1. The quantitative estimate of drug-likeness (QED) is 0.240. The summed E-state index contributed by atoms with van der Waals surface area (Å²) in [6.45, 7) is 4.22. The largest absolute Gasteiger partial charge is 0.325 e. The summed E-state index contributed by atoms with van der Waals surface area (Å²) in [5.74, 6) is 0.0164. The maximum Gasteiger partial charge on any atom is 0.258 e. The molecule has 1 amide bonds. The SMILES string of the molecule is C=CCn1c(SCC(=O)Nc2ccc(Br)cc2)nc2c(c1=O)C1(CCCC1)Cc1ccccc1-2. The average molecular weight is 536 g/mol. The number of carbonyl (C=O) groups excluding carboxylic acids is 1. The molecular formula is C27H26BrN3O2S. The summed E-state index contributed by atoms with van der Waals surface area (Å²) in [6, 6.07) is 15.7. The van der Waals surface area contributed by atoms with Crippen LogP contribution in [0, 0.1) is 0 Å². The number of aromatic nitrogens is 2. The Morgan fingerprint density at radius 3 is 2.65 bits per heavy atom. The van der Waals surface area contributed by atoms with Crippen LogP contribution >= 0.6 is 27.7 Å². The van der Waals surface area contributed by atoms with Gasteiger partial charge >= 0.3 is 0 Å². The normalized spacial score (nSPS) is 15.6. The fourth-order valence-electron chi connectivity index (χ4n) is 5.31. The lowest BCUT2D eigenvalue weighted by atomic mass is 9.68. The summed E-state index contributed by atoms with van der Waals surface area (Å²) >= 11 is 4.69. The lowest BCUT2D eigenvalue weighted by Gasteiger charge is -2.36. The summed E-state index contributed by atoms with van der Waals surface area (Å²) in [4.78, 5) is 31.6. The van der Waals surface area contributed by atoms with Gasteiger partial charge < -0.3 is 5.32 Å². The van der Waals surface area contributed by atoms with E-state index in [2.05, 4.69) is 46.0 Å². The van der Waals surface area contributed by atoms with Crippen molar-refractivity contribution in [3.05, 3.63) is 87.1 Å². The van der Waals surface area contributed by atoms with Crippen LogP contribution in [-0.4, -0.2) is 21.2 Å². The van der Waals surface area contributed by atoms with Crippen LogP contribution in [0.5, 0.6) is 0 Å². The molecule has 2 aliphatic carbocycles. The van der Waals surface area contributed by atoms with Crippen molar-refractivity contribution < 1.29 is 4.79 Å². The van der Waals surface area contributed by atoms with Crippen LogP contribution in [0.2, 0.25) is 0 Å². The van der Waals surface area contributed by atoms with Crippen molar-refractivity contribution in [1.29, 1.82) is 0 Å². The van der Waals surface area contributed by atoms with Crippen LogP contribution in [0.4, 0.5) is 5.69 Å². The molecule has 1 heterocycles. The van der Waals surface area contributed by atoms with Gasteiger partial charge in [0.1, 0.15) is 0 Å². The van der Waals surface area contributed by atoms with Crippen LogP contribution in [-0.2, 0) is 23.2 Å². The summed E-state index contributed by atoms with van der Waals surface area (Å²) in [6.07, 6.45) is 6.91. The number of nitrogens with one attached hydrogen (secondary N) is 1. The number of carbonyl (C=O) groups is 1. The zero-order valence-electron chi connectivity index (χ0n) is 18.9. The number of halogens is 1. The predicted molar refractivity (Wildman–Crippen MR) is 141 cm³/mol. The van der Waals surface area contributed by atoms with Gasteiger partial charge in [-0.25, -0.2) is 4.98 Å². The minimum atomic E-state index is -0.142. The number of thioether (sulfide) groups is 1. The van der Waals surface area contributed by atoms with E-state index in [1.165, 1.54) is 17.3 Å². The van der Waals surface area contributed by atoms with E-state index in [9.17, 15) is 9.59 Å². The Morgan fingerprint density at radius 2 is 1.91 bits per heavy atom. The Labute approximate surface area is 211 Å². The van der Waals surface area contributed by atoms with Gasteiger partial charge in [-0.2, -0.15) is 0 Å². The van der Waals surface area contributed by atoms with Gasteiger partial charge in [-0.05, 0) is 49.1 Å². The molecule has 0 aliphatic heterocycles. The summed E-state index contributed by atoms with van der Waals surface area (Å²) in [5, 5.41) is 3.46. The number of rotatable bonds is 6. The number of hydrogen-bond acceptors (Lipinski definition) is 4. The highest BCUT2D eigenvalue weighted by Crippen LogP contribution is 2.49. The van der Waals surface area contributed by atoms with Gasteiger partial charge in [-0.3, -0.25) is 14.2 Å². The molecule has 0 unspecified atom stereocenters. The van der Waals surface area contributed by atoms with Crippen molar-refractivity contribution in [3.8, 4) is 11.3 Å². The van der Waals surface area contributed by atoms with Crippen molar-refractivity contribution in [2.45, 2.75) is 49.2 Å². The first-order valence-corrected chi connectivity index (χ1v) is 13.3. The van der Waals surface area contributed by atoms with Gasteiger partial charge in [0.15, 0.2) is 5.16 Å². The van der Waals surface area contributed by atoms with Crippen molar-refractivity contribution in [1.82, 2.24) is 9.55 Å². The van der Waals surface area contributed by atoms with E-state index >= 15 is 0 Å². The zero-order valence-corrected chi connectivity index (χ0v) is 21.3. The first-order valence-electron chi connectivity index (χ1n) is 11.5. The molecule has 34 heavy (non-hydrogen) atoms. The third kappa shape index (κ3) is 4.27. The average Bonchev–Trinajstić information content (AvgIpc) is 3.29. The number of benzene rings is 2. The second-order valence-corrected chi connectivity index (χ2v) is 10.8. The highest BCUT2D eigenvalue weighted by Gasteiger charge is 2.44. The van der Waals surface area contributed by atoms with E-state index in [0.717, 1.165) is 59.1 Å². The smallest absolute Gasteiger partial charge is 0.258 e. The van der Waals surface area contributed by atoms with E-state index in [0.29, 0.717) is 11.7 Å². The number of hydrogen-bond donors (Lipinski definition) is 1. The van der Waals surface area contributed by atoms with Crippen molar-refractivity contribution in [2.75, 3.05) is 11.1 Å². The number of nitrogens with zero attached hydrogens (tertiary/aromatic N) is 2. The van der Waals surface area contributed by atoms with E-state index in [1.807, 2.05) is 30.3 Å². The molecule has 1 aromatic heterocycles. The lowest BCUT2D eigenvalue weighted by Crippen LogP contribution is -2.40. The molecule has 1 saturated carbocycles. The molecule has 2 aromatic carbocycles. The topological polar surface area (TPSA) is 64.0 Å². The van der Waals surface area contributed by atoms with Crippen molar-refractivity contribution in [3.63, 3.8) is 0 Å². The molecule has 0 bridgehead atoms. The zero-order chi connectivity index (χ0) is 23.7. The van der Waals surface area contributed by atoms with Gasteiger partial charge in [0, 0.05) is 27.7 Å². The molecule has 0 saturated heterocycles. The number of anilines is 1. The maximum absolute atomic E-state index is 13.9. The van der Waals surface area contributed by atoms with Crippen LogP contribution in [0.1, 0.15) is 36.8 Å². The van der Waals surface area contributed by atoms with Crippen molar-refractivity contribution >= 4 is 39.3 Å². The standard InChI is InChI=1S/C27H26BrN3O2S/c1-2-15-31-25(33)23-24(21-8-4-3-7-18(21)16-27(23)13-5-6-14-27)30-26(31)34-17-22(32)29-20-11-9-19(28)10-12-20/h2-4,7-12H,1,5-6,13-17H2,(H,29,32). The molecule has 1 N–H and O–H groups in total. The minimum Gasteiger partial charge on any atom is -0.325 e. The molecule has 3 aromatic rings. The van der Waals surface area contributed by atoms with E-state index in [1.54, 1.807) is 10.6 Å². The minimum absolute atomic E-state index is 0.0112. The van der Waals surface area contributed by atoms with Crippen LogP contribution in [0.15, 0.2) is 75.6 Å². The predicted octanol–water partition coefficient (Wildman–Crippen LogP) is 5.96. The molecule has 174 valence electrons. The molecule has 5 nitrogen and oxygen atoms in total. The molecule has 1 spiro atoms. The third-order valence-corrected chi connectivity index (χ3v) is 8.30. The Bertz CT molecular complexity index is 1310. The molecule has 7 heteroatoms. The second kappa shape index (κ2) is 9.55. The van der Waals surface area contributed by atoms with E-state index < -0.39 is 0 Å². The van der Waals surface area contributed by atoms with Crippen LogP contribution < -0.4 is 10.9 Å². The van der Waals surface area contributed by atoms with E-state index in [-0.39, 0.29) is 22.6 Å². The summed E-state index contributed by atoms with van der Waals surface area (Å²) < 4.78 is 2.64. The fraction of sp³-hybridized carbons (Fsp3) is 0.296. The highest BCUT2D eigenvalue weighted by atomic mass is 79.9. The van der Waals surface area contributed by atoms with Crippen LogP contribution in [0.25, 0.3) is 11.3 Å². The van der Waals surface area contributed by atoms with Gasteiger partial charge in [-0.15, -0.1) is 6.58 Å². The van der Waals surface area contributed by atoms with Crippen molar-refractivity contribution in [2.24, 2.45) is 0 Å². The van der Waals surface area contributed by atoms with E-state index in [4.69, 9.17) is 4.98 Å². The van der Waals surface area contributed by atoms with Gasteiger partial charge in [-0.1, -0.05) is 70.9 Å². The lowest BCUT2D eigenvalue weighted by molar-refractivity contribution is -0.113.